The van der Waals surface area contributed by atoms with Crippen LogP contribution in [0, 0.1) is 0 Å². The first-order valence-electron chi connectivity index (χ1n) is 8.90. The molecule has 0 spiro atoms. The lowest BCUT2D eigenvalue weighted by Crippen LogP contribution is -2.43. The highest BCUT2D eigenvalue weighted by Crippen LogP contribution is 2.42. The molecular weight excluding hydrogens is 515 g/mol. The SMILES string of the molecule is COc1ccc2c(Cl)c(C(=O)NNC(=S)Nc3cccc(S(=O)(=O)N(C)C)c3)sc2c1Cl. The van der Waals surface area contributed by atoms with Crippen molar-refractivity contribution in [3.05, 3.63) is 51.3 Å². The maximum atomic E-state index is 12.6. The van der Waals surface area contributed by atoms with Crippen molar-refractivity contribution in [1.82, 2.24) is 15.2 Å². The van der Waals surface area contributed by atoms with Crippen LogP contribution in [0.25, 0.3) is 10.1 Å². The molecule has 0 aliphatic rings. The third-order valence-corrected chi connectivity index (χ3v) is 8.52. The largest absolute Gasteiger partial charge is 0.495 e. The van der Waals surface area contributed by atoms with Gasteiger partial charge >= 0.3 is 0 Å². The van der Waals surface area contributed by atoms with E-state index >= 15 is 0 Å². The van der Waals surface area contributed by atoms with E-state index in [1.807, 2.05) is 0 Å². The van der Waals surface area contributed by atoms with Crippen LogP contribution in [0.4, 0.5) is 5.69 Å². The number of carbonyl (C=O) groups is 1. The van der Waals surface area contributed by atoms with E-state index in [0.29, 0.717) is 26.5 Å². The second-order valence-electron chi connectivity index (χ2n) is 6.55. The molecule has 3 rings (SSSR count). The smallest absolute Gasteiger partial charge is 0.281 e. The number of rotatable bonds is 5. The Morgan fingerprint density at radius 2 is 1.84 bits per heavy atom. The number of fused-ring (bicyclic) bond motifs is 1. The van der Waals surface area contributed by atoms with Gasteiger partial charge in [-0.3, -0.25) is 15.6 Å². The van der Waals surface area contributed by atoms with Crippen LogP contribution in [-0.2, 0) is 10.0 Å². The van der Waals surface area contributed by atoms with Crippen LogP contribution in [0.3, 0.4) is 0 Å². The minimum absolute atomic E-state index is 0.0506. The number of ether oxygens (including phenoxy) is 1. The lowest BCUT2D eigenvalue weighted by molar-refractivity contribution is 0.0948. The van der Waals surface area contributed by atoms with E-state index in [1.54, 1.807) is 24.3 Å². The first-order valence-corrected chi connectivity index (χ1v) is 12.3. The lowest BCUT2D eigenvalue weighted by atomic mass is 10.2. The molecule has 0 saturated carbocycles. The maximum Gasteiger partial charge on any atom is 0.281 e. The number of hydrazine groups is 1. The molecule has 1 aromatic heterocycles. The average molecular weight is 533 g/mol. The van der Waals surface area contributed by atoms with Gasteiger partial charge in [-0.15, -0.1) is 11.3 Å². The highest BCUT2D eigenvalue weighted by atomic mass is 35.5. The fraction of sp³-hybridized carbons (Fsp3) is 0.158. The van der Waals surface area contributed by atoms with Crippen molar-refractivity contribution in [1.29, 1.82) is 0 Å². The first-order chi connectivity index (χ1) is 15.1. The van der Waals surface area contributed by atoms with Crippen LogP contribution in [0.2, 0.25) is 10.0 Å². The van der Waals surface area contributed by atoms with Gasteiger partial charge in [0.15, 0.2) is 5.11 Å². The summed E-state index contributed by atoms with van der Waals surface area (Å²) >= 11 is 19.0. The normalized spacial score (nSPS) is 11.4. The molecule has 1 amide bonds. The third-order valence-electron chi connectivity index (χ3n) is 4.29. The van der Waals surface area contributed by atoms with Crippen molar-refractivity contribution in [3.8, 4) is 5.75 Å². The van der Waals surface area contributed by atoms with Gasteiger partial charge < -0.3 is 10.1 Å². The zero-order valence-corrected chi connectivity index (χ0v) is 21.0. The summed E-state index contributed by atoms with van der Waals surface area (Å²) in [4.78, 5) is 13.0. The Hall–Kier alpha value is -2.15. The van der Waals surface area contributed by atoms with Crippen molar-refractivity contribution in [2.24, 2.45) is 0 Å². The fourth-order valence-electron chi connectivity index (χ4n) is 2.66. The quantitative estimate of drug-likeness (QED) is 0.336. The number of thiophene rings is 1. The van der Waals surface area contributed by atoms with Crippen LogP contribution < -0.4 is 20.9 Å². The van der Waals surface area contributed by atoms with Crippen LogP contribution >= 0.6 is 46.8 Å². The standard InChI is InChI=1S/C19H18Cl2N4O4S3/c1-25(2)32(27,28)11-6-4-5-10(9-11)22-19(30)24-23-18(26)17-14(20)12-7-8-13(29-3)15(21)16(12)31-17/h4-9H,1-3H3,(H,23,26)(H2,22,24,30). The second kappa shape index (κ2) is 9.77. The van der Waals surface area contributed by atoms with Gasteiger partial charge in [0.2, 0.25) is 10.0 Å². The van der Waals surface area contributed by atoms with E-state index in [2.05, 4.69) is 16.2 Å². The molecule has 0 radical (unpaired) electrons. The fourth-order valence-corrected chi connectivity index (χ4v) is 5.57. The predicted molar refractivity (Wildman–Crippen MR) is 133 cm³/mol. The van der Waals surface area contributed by atoms with Crippen LogP contribution in [0.1, 0.15) is 9.67 Å². The molecule has 3 aromatic rings. The number of amides is 1. The number of benzene rings is 2. The minimum Gasteiger partial charge on any atom is -0.495 e. The van der Waals surface area contributed by atoms with Gasteiger partial charge in [-0.05, 0) is 42.5 Å². The van der Waals surface area contributed by atoms with Crippen molar-refractivity contribution in [2.75, 3.05) is 26.5 Å². The number of carbonyl (C=O) groups excluding carboxylic acids is 1. The van der Waals surface area contributed by atoms with Gasteiger partial charge in [0, 0.05) is 25.2 Å². The third kappa shape index (κ3) is 4.92. The van der Waals surface area contributed by atoms with E-state index in [0.717, 1.165) is 15.6 Å². The van der Waals surface area contributed by atoms with E-state index in [1.165, 1.54) is 33.3 Å². The molecule has 0 aliphatic carbocycles. The predicted octanol–water partition coefficient (Wildman–Crippen LogP) is 4.10. The number of anilines is 1. The van der Waals surface area contributed by atoms with Gasteiger partial charge in [-0.2, -0.15) is 0 Å². The maximum absolute atomic E-state index is 12.6. The van der Waals surface area contributed by atoms with Gasteiger partial charge in [-0.25, -0.2) is 12.7 Å². The van der Waals surface area contributed by atoms with Crippen molar-refractivity contribution >= 4 is 83.6 Å². The number of nitrogens with one attached hydrogen (secondary N) is 3. The summed E-state index contributed by atoms with van der Waals surface area (Å²) in [5, 5.41) is 4.13. The van der Waals surface area contributed by atoms with Gasteiger partial charge in [0.05, 0.1) is 21.7 Å². The Morgan fingerprint density at radius 3 is 2.50 bits per heavy atom. The zero-order valence-electron chi connectivity index (χ0n) is 17.0. The average Bonchev–Trinajstić information content (AvgIpc) is 3.10. The van der Waals surface area contributed by atoms with Gasteiger partial charge in [0.1, 0.15) is 15.6 Å². The Morgan fingerprint density at radius 1 is 1.12 bits per heavy atom. The summed E-state index contributed by atoms with van der Waals surface area (Å²) in [7, 11) is 0.791. The minimum atomic E-state index is -3.60. The summed E-state index contributed by atoms with van der Waals surface area (Å²) in [6.45, 7) is 0. The Labute approximate surface area is 204 Å². The summed E-state index contributed by atoms with van der Waals surface area (Å²) in [6.07, 6.45) is 0. The lowest BCUT2D eigenvalue weighted by Gasteiger charge is -2.14. The van der Waals surface area contributed by atoms with E-state index in [9.17, 15) is 13.2 Å². The monoisotopic (exact) mass is 532 g/mol. The zero-order chi connectivity index (χ0) is 23.6. The number of halogens is 2. The molecule has 3 N–H and O–H groups in total. The molecule has 32 heavy (non-hydrogen) atoms. The van der Waals surface area contributed by atoms with Crippen molar-refractivity contribution in [2.45, 2.75) is 4.90 Å². The number of hydrogen-bond acceptors (Lipinski definition) is 6. The van der Waals surface area contributed by atoms with Crippen LogP contribution in [-0.4, -0.2) is 44.9 Å². The number of nitrogens with zero attached hydrogens (tertiary/aromatic N) is 1. The Bertz CT molecular complexity index is 1310. The second-order valence-corrected chi connectivity index (χ2v) is 10.9. The summed E-state index contributed by atoms with van der Waals surface area (Å²) < 4.78 is 31.5. The number of methoxy groups -OCH3 is 1. The van der Waals surface area contributed by atoms with Gasteiger partial charge in [0.25, 0.3) is 5.91 Å². The van der Waals surface area contributed by atoms with E-state index in [-0.39, 0.29) is 19.9 Å². The number of thiocarbonyl (C=S) groups is 1. The molecule has 0 atom stereocenters. The molecule has 2 aromatic carbocycles. The van der Waals surface area contributed by atoms with E-state index < -0.39 is 15.9 Å². The highest BCUT2D eigenvalue weighted by Gasteiger charge is 2.21. The molecule has 13 heteroatoms. The summed E-state index contributed by atoms with van der Waals surface area (Å²) in [6, 6.07) is 9.53. The van der Waals surface area contributed by atoms with E-state index in [4.69, 9.17) is 40.2 Å². The molecule has 0 unspecified atom stereocenters. The summed E-state index contributed by atoms with van der Waals surface area (Å²) in [5.74, 6) is -0.0367. The molecule has 8 nitrogen and oxygen atoms in total. The Balaban J connectivity index is 1.70. The molecule has 0 bridgehead atoms. The molecule has 0 fully saturated rings. The molecule has 1 heterocycles. The van der Waals surface area contributed by atoms with Gasteiger partial charge in [-0.1, -0.05) is 29.3 Å². The number of hydrogen-bond donors (Lipinski definition) is 3. The summed E-state index contributed by atoms with van der Waals surface area (Å²) in [5.41, 5.74) is 5.46. The topological polar surface area (TPSA) is 99.8 Å². The van der Waals surface area contributed by atoms with Crippen LogP contribution in [0.5, 0.6) is 5.75 Å². The number of sulfonamides is 1. The molecule has 0 saturated heterocycles. The Kier molecular flexibility index (Phi) is 7.48. The first kappa shape index (κ1) is 24.5. The van der Waals surface area contributed by atoms with Crippen molar-refractivity contribution < 1.29 is 17.9 Å². The van der Waals surface area contributed by atoms with Crippen LogP contribution in [0.15, 0.2) is 41.3 Å². The highest BCUT2D eigenvalue weighted by molar-refractivity contribution is 7.89. The molecular formula is C19H18Cl2N4O4S3. The van der Waals surface area contributed by atoms with Crippen molar-refractivity contribution in [3.63, 3.8) is 0 Å². The molecule has 170 valence electrons. The molecule has 0 aliphatic heterocycles.